The number of carbonyl (C=O) groups is 1. The lowest BCUT2D eigenvalue weighted by atomic mass is 10.3. The molecule has 1 aromatic carbocycles. The third-order valence-electron chi connectivity index (χ3n) is 2.33. The highest BCUT2D eigenvalue weighted by Gasteiger charge is 2.22. The Morgan fingerprint density at radius 2 is 2.00 bits per heavy atom. The summed E-state index contributed by atoms with van der Waals surface area (Å²) in [5, 5.41) is 2.44. The Morgan fingerprint density at radius 3 is 2.50 bits per heavy atom. The molecule has 1 amide bonds. The molecule has 3 N–H and O–H groups in total. The molecule has 0 heterocycles. The predicted octanol–water partition coefficient (Wildman–Crippen LogP) is 1.94. The van der Waals surface area contributed by atoms with Crippen molar-refractivity contribution in [1.29, 1.82) is 0 Å². The van der Waals surface area contributed by atoms with Crippen LogP contribution in [0.4, 0.5) is 5.69 Å². The van der Waals surface area contributed by atoms with Gasteiger partial charge in [0.2, 0.25) is 5.91 Å². The van der Waals surface area contributed by atoms with Gasteiger partial charge in [0, 0.05) is 10.9 Å². The maximum Gasteiger partial charge on any atom is 0.236 e. The highest BCUT2D eigenvalue weighted by molar-refractivity contribution is 7.86. The van der Waals surface area contributed by atoms with E-state index >= 15 is 0 Å². The molecule has 0 spiro atoms. The third kappa shape index (κ3) is 3.71. The Kier molecular flexibility index (Phi) is 5.16. The predicted molar refractivity (Wildman–Crippen MR) is 75.0 cm³/mol. The van der Waals surface area contributed by atoms with Crippen LogP contribution in [0, 0.1) is 0 Å². The lowest BCUT2D eigenvalue weighted by Gasteiger charge is -2.14. The van der Waals surface area contributed by atoms with E-state index in [-0.39, 0.29) is 11.9 Å². The molecule has 6 heteroatoms. The standard InChI is InChI=1S/C12H17ClN2O2S/c1-7(2)15-12(16)8(3)18(17)9-4-5-11(14)10(13)6-9/h4-8H,14H2,1-3H3,(H,15,16). The van der Waals surface area contributed by atoms with E-state index in [0.29, 0.717) is 15.6 Å². The van der Waals surface area contributed by atoms with Crippen molar-refractivity contribution >= 4 is 34.0 Å². The molecule has 18 heavy (non-hydrogen) atoms. The first-order valence-corrected chi connectivity index (χ1v) is 7.18. The zero-order valence-electron chi connectivity index (χ0n) is 10.6. The summed E-state index contributed by atoms with van der Waals surface area (Å²) in [6, 6.07) is 4.76. The number of carbonyl (C=O) groups excluding carboxylic acids is 1. The molecule has 0 saturated carbocycles. The second-order valence-electron chi connectivity index (χ2n) is 4.29. The van der Waals surface area contributed by atoms with Crippen LogP contribution in [0.1, 0.15) is 20.8 Å². The Bertz CT molecular complexity index is 477. The minimum Gasteiger partial charge on any atom is -0.398 e. The number of hydrogen-bond donors (Lipinski definition) is 2. The summed E-state index contributed by atoms with van der Waals surface area (Å²) in [6.07, 6.45) is 0. The Balaban J connectivity index is 2.86. The van der Waals surface area contributed by atoms with Gasteiger partial charge < -0.3 is 11.1 Å². The normalized spacial score (nSPS) is 14.3. The van der Waals surface area contributed by atoms with E-state index in [1.807, 2.05) is 13.8 Å². The molecule has 4 nitrogen and oxygen atoms in total. The number of halogens is 1. The van der Waals surface area contributed by atoms with Crippen molar-refractivity contribution in [3.63, 3.8) is 0 Å². The van der Waals surface area contributed by atoms with Crippen molar-refractivity contribution in [3.05, 3.63) is 23.2 Å². The lowest BCUT2D eigenvalue weighted by Crippen LogP contribution is -2.39. The van der Waals surface area contributed by atoms with Crippen molar-refractivity contribution in [2.24, 2.45) is 0 Å². The second-order valence-corrected chi connectivity index (χ2v) is 6.47. The minimum atomic E-state index is -1.45. The fourth-order valence-corrected chi connectivity index (χ4v) is 2.69. The number of nitrogen functional groups attached to an aromatic ring is 1. The van der Waals surface area contributed by atoms with Gasteiger partial charge in [-0.05, 0) is 39.0 Å². The Morgan fingerprint density at radius 1 is 1.39 bits per heavy atom. The number of benzene rings is 1. The van der Waals surface area contributed by atoms with E-state index in [2.05, 4.69) is 5.32 Å². The third-order valence-corrected chi connectivity index (χ3v) is 4.23. The first-order chi connectivity index (χ1) is 8.32. The number of nitrogens with two attached hydrogens (primary N) is 1. The van der Waals surface area contributed by atoms with Gasteiger partial charge in [0.25, 0.3) is 0 Å². The molecule has 0 saturated heterocycles. The van der Waals surface area contributed by atoms with Crippen molar-refractivity contribution in [2.75, 3.05) is 5.73 Å². The van der Waals surface area contributed by atoms with Crippen molar-refractivity contribution in [3.8, 4) is 0 Å². The van der Waals surface area contributed by atoms with E-state index in [1.54, 1.807) is 19.1 Å². The van der Waals surface area contributed by atoms with Crippen LogP contribution in [-0.2, 0) is 15.6 Å². The summed E-state index contributed by atoms with van der Waals surface area (Å²) in [7, 11) is -1.45. The van der Waals surface area contributed by atoms with Crippen LogP contribution in [0.3, 0.4) is 0 Å². The maximum atomic E-state index is 12.2. The summed E-state index contributed by atoms with van der Waals surface area (Å²) in [6.45, 7) is 5.33. The molecule has 2 unspecified atom stereocenters. The smallest absolute Gasteiger partial charge is 0.236 e. The molecule has 0 aliphatic rings. The van der Waals surface area contributed by atoms with Crippen LogP contribution >= 0.6 is 11.6 Å². The molecule has 1 rings (SSSR count). The summed E-state index contributed by atoms with van der Waals surface area (Å²) < 4.78 is 12.2. The molecule has 0 fully saturated rings. The minimum absolute atomic E-state index is 0.0203. The van der Waals surface area contributed by atoms with E-state index < -0.39 is 16.0 Å². The molecule has 100 valence electrons. The van der Waals surface area contributed by atoms with Gasteiger partial charge in [-0.15, -0.1) is 0 Å². The fourth-order valence-electron chi connectivity index (χ4n) is 1.34. The van der Waals surface area contributed by atoms with Gasteiger partial charge in [0.1, 0.15) is 5.25 Å². The number of nitrogens with one attached hydrogen (secondary N) is 1. The topological polar surface area (TPSA) is 72.2 Å². The zero-order valence-corrected chi connectivity index (χ0v) is 12.1. The summed E-state index contributed by atoms with van der Waals surface area (Å²) in [4.78, 5) is 12.3. The molecule has 0 aliphatic carbocycles. The molecular formula is C12H17ClN2O2S. The monoisotopic (exact) mass is 288 g/mol. The quantitative estimate of drug-likeness (QED) is 0.832. The van der Waals surface area contributed by atoms with Gasteiger partial charge in [-0.1, -0.05) is 11.6 Å². The van der Waals surface area contributed by atoms with Crippen LogP contribution in [0.25, 0.3) is 0 Å². The second kappa shape index (κ2) is 6.20. The Labute approximate surface area is 114 Å². The van der Waals surface area contributed by atoms with Gasteiger partial charge >= 0.3 is 0 Å². The summed E-state index contributed by atoms with van der Waals surface area (Å²) in [5.74, 6) is -0.240. The van der Waals surface area contributed by atoms with Crippen LogP contribution < -0.4 is 11.1 Å². The molecular weight excluding hydrogens is 272 g/mol. The molecule has 2 atom stereocenters. The molecule has 0 aliphatic heterocycles. The van der Waals surface area contributed by atoms with Gasteiger partial charge in [-0.3, -0.25) is 9.00 Å². The summed E-state index contributed by atoms with van der Waals surface area (Å²) in [5.41, 5.74) is 6.01. The van der Waals surface area contributed by atoms with E-state index in [1.165, 1.54) is 6.07 Å². The molecule has 0 radical (unpaired) electrons. The average Bonchev–Trinajstić information content (AvgIpc) is 2.30. The van der Waals surface area contributed by atoms with Crippen molar-refractivity contribution in [1.82, 2.24) is 5.32 Å². The Hall–Kier alpha value is -1.07. The van der Waals surface area contributed by atoms with Crippen LogP contribution in [0.15, 0.2) is 23.1 Å². The van der Waals surface area contributed by atoms with E-state index in [9.17, 15) is 9.00 Å². The van der Waals surface area contributed by atoms with Gasteiger partial charge in [0.05, 0.1) is 21.5 Å². The largest absolute Gasteiger partial charge is 0.398 e. The van der Waals surface area contributed by atoms with Crippen molar-refractivity contribution < 1.29 is 9.00 Å². The van der Waals surface area contributed by atoms with Crippen LogP contribution in [0.5, 0.6) is 0 Å². The van der Waals surface area contributed by atoms with Gasteiger partial charge in [-0.25, -0.2) is 0 Å². The highest BCUT2D eigenvalue weighted by Crippen LogP contribution is 2.23. The highest BCUT2D eigenvalue weighted by atomic mass is 35.5. The number of anilines is 1. The van der Waals surface area contributed by atoms with Crippen LogP contribution in [0.2, 0.25) is 5.02 Å². The average molecular weight is 289 g/mol. The molecule has 0 bridgehead atoms. The first kappa shape index (κ1) is 15.0. The fraction of sp³-hybridized carbons (Fsp3) is 0.417. The van der Waals surface area contributed by atoms with E-state index in [0.717, 1.165) is 0 Å². The first-order valence-electron chi connectivity index (χ1n) is 5.59. The van der Waals surface area contributed by atoms with E-state index in [4.69, 9.17) is 17.3 Å². The number of hydrogen-bond acceptors (Lipinski definition) is 3. The number of amides is 1. The van der Waals surface area contributed by atoms with Crippen molar-refractivity contribution in [2.45, 2.75) is 37.0 Å². The summed E-state index contributed by atoms with van der Waals surface area (Å²) >= 11 is 5.87. The van der Waals surface area contributed by atoms with Crippen LogP contribution in [-0.4, -0.2) is 21.4 Å². The molecule has 1 aromatic rings. The molecule has 0 aromatic heterocycles. The van der Waals surface area contributed by atoms with Gasteiger partial charge in [-0.2, -0.15) is 0 Å². The van der Waals surface area contributed by atoms with Gasteiger partial charge in [0.15, 0.2) is 0 Å². The lowest BCUT2D eigenvalue weighted by molar-refractivity contribution is -0.120. The number of rotatable bonds is 4. The SMILES string of the molecule is CC(C)NC(=O)C(C)S(=O)c1ccc(N)c(Cl)c1. The zero-order chi connectivity index (χ0) is 13.9. The maximum absolute atomic E-state index is 12.2.